The van der Waals surface area contributed by atoms with E-state index in [2.05, 4.69) is 17.1 Å². The maximum atomic E-state index is 12.8. The van der Waals surface area contributed by atoms with Crippen LogP contribution < -0.4 is 0 Å². The summed E-state index contributed by atoms with van der Waals surface area (Å²) in [5, 5.41) is 5.45. The Morgan fingerprint density at radius 3 is 2.54 bits per heavy atom. The minimum absolute atomic E-state index is 0.130. The normalized spacial score (nSPS) is 16.4. The molecule has 1 atom stereocenters. The molecule has 0 aliphatic heterocycles. The van der Waals surface area contributed by atoms with Gasteiger partial charge in [-0.3, -0.25) is 4.79 Å². The van der Waals surface area contributed by atoms with E-state index in [1.165, 1.54) is 5.56 Å². The van der Waals surface area contributed by atoms with Crippen molar-refractivity contribution in [2.75, 3.05) is 0 Å². The van der Waals surface area contributed by atoms with Crippen LogP contribution in [-0.4, -0.2) is 20.4 Å². The van der Waals surface area contributed by atoms with E-state index < -0.39 is 0 Å². The van der Waals surface area contributed by atoms with Crippen LogP contribution in [0.5, 0.6) is 0 Å². The molecule has 2 aromatic heterocycles. The van der Waals surface area contributed by atoms with Crippen LogP contribution in [0.1, 0.15) is 39.6 Å². The van der Waals surface area contributed by atoms with Crippen LogP contribution in [0.25, 0.3) is 16.8 Å². The molecule has 0 radical (unpaired) electrons. The van der Waals surface area contributed by atoms with Crippen LogP contribution in [0.3, 0.4) is 0 Å². The summed E-state index contributed by atoms with van der Waals surface area (Å²) in [7, 11) is 0. The number of aromatic nitrogens is 3. The molecule has 0 unspecified atom stereocenters. The third-order valence-corrected chi connectivity index (χ3v) is 5.75. The molecule has 0 fully saturated rings. The molecular formula is C23H18ClN3O. The van der Waals surface area contributed by atoms with Crippen molar-refractivity contribution in [3.63, 3.8) is 0 Å². The average molecular weight is 388 g/mol. The highest BCUT2D eigenvalue weighted by Crippen LogP contribution is 2.35. The number of ketones is 1. The van der Waals surface area contributed by atoms with Gasteiger partial charge in [0.2, 0.25) is 0 Å². The zero-order valence-corrected chi connectivity index (χ0v) is 16.1. The summed E-state index contributed by atoms with van der Waals surface area (Å²) >= 11 is 6.04. The molecule has 0 saturated heterocycles. The highest BCUT2D eigenvalue weighted by atomic mass is 35.5. The van der Waals surface area contributed by atoms with E-state index >= 15 is 0 Å². The Bertz CT molecular complexity index is 1200. The van der Waals surface area contributed by atoms with Gasteiger partial charge in [-0.25, -0.2) is 9.50 Å². The van der Waals surface area contributed by atoms with E-state index in [4.69, 9.17) is 16.7 Å². The van der Waals surface area contributed by atoms with Crippen LogP contribution in [0.15, 0.2) is 60.8 Å². The SMILES string of the molecule is Cc1nn2c3c(cnc2c1-c1ccc(Cl)cc1)C(=O)C[C@H](c1ccccc1)C3. The summed E-state index contributed by atoms with van der Waals surface area (Å²) in [4.78, 5) is 17.4. The van der Waals surface area contributed by atoms with Crippen LogP contribution in [0.2, 0.25) is 5.02 Å². The Hall–Kier alpha value is -2.98. The summed E-state index contributed by atoms with van der Waals surface area (Å²) < 4.78 is 1.86. The van der Waals surface area contributed by atoms with E-state index in [1.54, 1.807) is 6.20 Å². The molecule has 1 aliphatic carbocycles. The van der Waals surface area contributed by atoms with Crippen LogP contribution >= 0.6 is 11.6 Å². The number of rotatable bonds is 2. The summed E-state index contributed by atoms with van der Waals surface area (Å²) in [5.74, 6) is 0.293. The number of carbonyl (C=O) groups is 1. The van der Waals surface area contributed by atoms with Crippen LogP contribution in [0.4, 0.5) is 0 Å². The standard InChI is InChI=1S/C23H18ClN3O/c1-14-22(16-7-9-18(24)10-8-16)23-25-13-19-20(27(23)26-14)11-17(12-21(19)28)15-5-3-2-4-6-15/h2-10,13,17H,11-12H2,1H3/t17-/m1/s1. The lowest BCUT2D eigenvalue weighted by Gasteiger charge is -2.24. The van der Waals surface area contributed by atoms with Crippen molar-refractivity contribution >= 4 is 23.0 Å². The summed E-state index contributed by atoms with van der Waals surface area (Å²) in [5.41, 5.74) is 6.48. The number of hydrogen-bond donors (Lipinski definition) is 0. The van der Waals surface area contributed by atoms with Gasteiger partial charge in [0.1, 0.15) is 0 Å². The summed E-state index contributed by atoms with van der Waals surface area (Å²) in [6.45, 7) is 1.98. The van der Waals surface area contributed by atoms with Crippen molar-refractivity contribution in [2.45, 2.75) is 25.7 Å². The Kier molecular flexibility index (Phi) is 4.02. The number of benzene rings is 2. The van der Waals surface area contributed by atoms with E-state index in [9.17, 15) is 4.79 Å². The van der Waals surface area contributed by atoms with Gasteiger partial charge in [-0.1, -0.05) is 54.1 Å². The monoisotopic (exact) mass is 387 g/mol. The average Bonchev–Trinajstić information content (AvgIpc) is 3.05. The molecule has 2 heterocycles. The molecule has 0 bridgehead atoms. The maximum Gasteiger partial charge on any atom is 0.166 e. The second-order valence-electron chi connectivity index (χ2n) is 7.26. The zero-order valence-electron chi connectivity index (χ0n) is 15.4. The van der Waals surface area contributed by atoms with Gasteiger partial charge in [0, 0.05) is 23.2 Å². The van der Waals surface area contributed by atoms with Gasteiger partial charge in [0.15, 0.2) is 11.4 Å². The third-order valence-electron chi connectivity index (χ3n) is 5.49. The van der Waals surface area contributed by atoms with Crippen molar-refractivity contribution < 1.29 is 4.79 Å². The molecule has 4 aromatic rings. The molecule has 2 aromatic carbocycles. The number of hydrogen-bond acceptors (Lipinski definition) is 3. The lowest BCUT2D eigenvalue weighted by Crippen LogP contribution is -2.22. The van der Waals surface area contributed by atoms with Crippen molar-refractivity contribution in [1.82, 2.24) is 14.6 Å². The van der Waals surface area contributed by atoms with E-state index in [0.717, 1.165) is 34.6 Å². The van der Waals surface area contributed by atoms with Gasteiger partial charge in [-0.15, -0.1) is 0 Å². The van der Waals surface area contributed by atoms with Crippen molar-refractivity contribution in [3.8, 4) is 11.1 Å². The van der Waals surface area contributed by atoms with E-state index in [1.807, 2.05) is 53.9 Å². The van der Waals surface area contributed by atoms with Gasteiger partial charge in [-0.05, 0) is 42.5 Å². The van der Waals surface area contributed by atoms with E-state index in [0.29, 0.717) is 17.0 Å². The summed E-state index contributed by atoms with van der Waals surface area (Å²) in [6.07, 6.45) is 2.99. The van der Waals surface area contributed by atoms with Gasteiger partial charge >= 0.3 is 0 Å². The first-order valence-electron chi connectivity index (χ1n) is 9.33. The minimum Gasteiger partial charge on any atom is -0.294 e. The largest absolute Gasteiger partial charge is 0.294 e. The molecule has 28 heavy (non-hydrogen) atoms. The van der Waals surface area contributed by atoms with Crippen molar-refractivity contribution in [1.29, 1.82) is 0 Å². The highest BCUT2D eigenvalue weighted by Gasteiger charge is 2.30. The maximum absolute atomic E-state index is 12.8. The lowest BCUT2D eigenvalue weighted by atomic mass is 9.82. The molecule has 1 aliphatic rings. The van der Waals surface area contributed by atoms with Gasteiger partial charge in [0.25, 0.3) is 0 Å². The smallest absolute Gasteiger partial charge is 0.166 e. The third kappa shape index (κ3) is 2.72. The fraction of sp³-hybridized carbons (Fsp3) is 0.174. The first-order chi connectivity index (χ1) is 13.6. The molecule has 0 amide bonds. The lowest BCUT2D eigenvalue weighted by molar-refractivity contribution is 0.0962. The topological polar surface area (TPSA) is 47.3 Å². The quantitative estimate of drug-likeness (QED) is 0.470. The van der Waals surface area contributed by atoms with Crippen molar-refractivity contribution in [3.05, 3.63) is 88.3 Å². The second kappa shape index (κ2) is 6.57. The van der Waals surface area contributed by atoms with Gasteiger partial charge in [-0.2, -0.15) is 5.10 Å². The first-order valence-corrected chi connectivity index (χ1v) is 9.71. The van der Waals surface area contributed by atoms with Crippen molar-refractivity contribution in [2.24, 2.45) is 0 Å². The number of nitrogens with zero attached hydrogens (tertiary/aromatic N) is 3. The highest BCUT2D eigenvalue weighted by molar-refractivity contribution is 6.30. The predicted octanol–water partition coefficient (Wildman–Crippen LogP) is 5.27. The first kappa shape index (κ1) is 17.1. The minimum atomic E-state index is 0.130. The zero-order chi connectivity index (χ0) is 19.3. The molecule has 138 valence electrons. The van der Waals surface area contributed by atoms with Crippen LogP contribution in [0, 0.1) is 6.92 Å². The number of carbonyl (C=O) groups excluding carboxylic acids is 1. The Morgan fingerprint density at radius 1 is 1.04 bits per heavy atom. The Balaban J connectivity index is 1.67. The number of aryl methyl sites for hydroxylation is 1. The molecule has 0 saturated carbocycles. The molecular weight excluding hydrogens is 370 g/mol. The fourth-order valence-corrected chi connectivity index (χ4v) is 4.25. The predicted molar refractivity (Wildman–Crippen MR) is 110 cm³/mol. The van der Waals surface area contributed by atoms with Crippen LogP contribution in [-0.2, 0) is 6.42 Å². The van der Waals surface area contributed by atoms with Gasteiger partial charge < -0.3 is 0 Å². The molecule has 5 rings (SSSR count). The number of halogens is 1. The summed E-state index contributed by atoms with van der Waals surface area (Å²) in [6, 6.07) is 17.9. The molecule has 0 N–H and O–H groups in total. The fourth-order valence-electron chi connectivity index (χ4n) is 4.12. The Labute approximate surface area is 167 Å². The number of fused-ring (bicyclic) bond motifs is 3. The Morgan fingerprint density at radius 2 is 1.79 bits per heavy atom. The van der Waals surface area contributed by atoms with E-state index in [-0.39, 0.29) is 11.7 Å². The van der Waals surface area contributed by atoms with Gasteiger partial charge in [0.05, 0.1) is 17.0 Å². The number of Topliss-reactive ketones (excluding diaryl/α,β-unsaturated/α-hetero) is 1. The molecule has 0 spiro atoms. The molecule has 4 nitrogen and oxygen atoms in total. The second-order valence-corrected chi connectivity index (χ2v) is 7.70. The molecule has 5 heteroatoms.